The molecule has 0 saturated heterocycles. The van der Waals surface area contributed by atoms with Gasteiger partial charge in [0.25, 0.3) is 0 Å². The predicted octanol–water partition coefficient (Wildman–Crippen LogP) is 5.83. The smallest absolute Gasteiger partial charge is 0.342 e. The summed E-state index contributed by atoms with van der Waals surface area (Å²) in [7, 11) is 0. The van der Waals surface area contributed by atoms with Crippen molar-refractivity contribution < 1.29 is 9.53 Å². The van der Waals surface area contributed by atoms with Gasteiger partial charge in [-0.2, -0.15) is 0 Å². The van der Waals surface area contributed by atoms with Crippen molar-refractivity contribution in [3.8, 4) is 0 Å². The Morgan fingerprint density at radius 2 is 1.91 bits per heavy atom. The van der Waals surface area contributed by atoms with Crippen LogP contribution in [-0.2, 0) is 4.74 Å². The molecule has 2 nitrogen and oxygen atoms in total. The van der Waals surface area contributed by atoms with E-state index in [2.05, 4.69) is 26.8 Å². The van der Waals surface area contributed by atoms with Gasteiger partial charge in [-0.3, -0.25) is 0 Å². The Balaban J connectivity index is 2.03. The molecule has 0 aromatic heterocycles. The SMILES string of the molecule is CC(C=CC1=C(C)CCCC1(C)C)=COC(=O)c1ccccc1. The van der Waals surface area contributed by atoms with Gasteiger partial charge in [0.2, 0.25) is 0 Å². The van der Waals surface area contributed by atoms with E-state index in [1.165, 1.54) is 36.7 Å². The molecule has 0 saturated carbocycles. The molecule has 122 valence electrons. The molecule has 0 fully saturated rings. The molecule has 0 bridgehead atoms. The Hall–Kier alpha value is -2.09. The Labute approximate surface area is 139 Å². The third kappa shape index (κ3) is 4.69. The number of esters is 1. The van der Waals surface area contributed by atoms with E-state index < -0.39 is 0 Å². The van der Waals surface area contributed by atoms with Gasteiger partial charge in [0.15, 0.2) is 0 Å². The predicted molar refractivity (Wildman–Crippen MR) is 95.1 cm³/mol. The molecule has 2 rings (SSSR count). The molecule has 1 aromatic rings. The van der Waals surface area contributed by atoms with Crippen LogP contribution in [0.15, 0.2) is 65.5 Å². The molecule has 23 heavy (non-hydrogen) atoms. The van der Waals surface area contributed by atoms with Crippen molar-refractivity contribution in [3.05, 3.63) is 71.0 Å². The highest BCUT2D eigenvalue weighted by atomic mass is 16.5. The van der Waals surface area contributed by atoms with E-state index >= 15 is 0 Å². The van der Waals surface area contributed by atoms with E-state index in [4.69, 9.17) is 4.74 Å². The molecule has 1 aliphatic rings. The molecule has 0 atom stereocenters. The second kappa shape index (κ2) is 7.45. The van der Waals surface area contributed by atoms with E-state index in [0.717, 1.165) is 5.57 Å². The van der Waals surface area contributed by atoms with Crippen LogP contribution in [0.25, 0.3) is 0 Å². The van der Waals surface area contributed by atoms with E-state index in [1.807, 2.05) is 31.2 Å². The van der Waals surface area contributed by atoms with E-state index in [9.17, 15) is 4.79 Å². The molecular weight excluding hydrogens is 284 g/mol. The van der Waals surface area contributed by atoms with Gasteiger partial charge in [0.1, 0.15) is 0 Å². The lowest BCUT2D eigenvalue weighted by Gasteiger charge is -2.32. The molecule has 0 spiro atoms. The van der Waals surface area contributed by atoms with Gasteiger partial charge in [-0.05, 0) is 61.8 Å². The molecular formula is C21H26O2. The van der Waals surface area contributed by atoms with Gasteiger partial charge in [-0.1, -0.05) is 49.8 Å². The Morgan fingerprint density at radius 3 is 2.57 bits per heavy atom. The van der Waals surface area contributed by atoms with Gasteiger partial charge in [0, 0.05) is 0 Å². The summed E-state index contributed by atoms with van der Waals surface area (Å²) in [6.07, 6.45) is 9.39. The van der Waals surface area contributed by atoms with E-state index in [0.29, 0.717) is 5.56 Å². The molecule has 0 N–H and O–H groups in total. The summed E-state index contributed by atoms with van der Waals surface area (Å²) in [5.74, 6) is -0.327. The molecule has 0 aliphatic heterocycles. The van der Waals surface area contributed by atoms with Gasteiger partial charge < -0.3 is 4.74 Å². The minimum absolute atomic E-state index is 0.222. The quantitative estimate of drug-likeness (QED) is 0.397. The maximum atomic E-state index is 11.9. The molecule has 0 heterocycles. The summed E-state index contributed by atoms with van der Waals surface area (Å²) in [5, 5.41) is 0. The van der Waals surface area contributed by atoms with E-state index in [-0.39, 0.29) is 11.4 Å². The fourth-order valence-electron chi connectivity index (χ4n) is 3.05. The number of hydrogen-bond acceptors (Lipinski definition) is 2. The molecule has 0 radical (unpaired) electrons. The number of allylic oxidation sites excluding steroid dienone is 5. The third-order valence-corrected chi connectivity index (χ3v) is 4.42. The van der Waals surface area contributed by atoms with Crippen LogP contribution < -0.4 is 0 Å². The third-order valence-electron chi connectivity index (χ3n) is 4.42. The zero-order valence-corrected chi connectivity index (χ0v) is 14.6. The van der Waals surface area contributed by atoms with Gasteiger partial charge in [-0.15, -0.1) is 0 Å². The molecule has 0 amide bonds. The van der Waals surface area contributed by atoms with Crippen LogP contribution in [0.1, 0.15) is 57.3 Å². The first kappa shape index (κ1) is 17.3. The largest absolute Gasteiger partial charge is 0.431 e. The van der Waals surface area contributed by atoms with Crippen molar-refractivity contribution in [3.63, 3.8) is 0 Å². The van der Waals surface area contributed by atoms with Crippen LogP contribution in [0.3, 0.4) is 0 Å². The Bertz CT molecular complexity index is 646. The zero-order valence-electron chi connectivity index (χ0n) is 14.6. The first-order valence-corrected chi connectivity index (χ1v) is 8.21. The molecule has 0 unspecified atom stereocenters. The maximum absolute atomic E-state index is 11.9. The molecule has 1 aromatic carbocycles. The summed E-state index contributed by atoms with van der Waals surface area (Å²) in [5.41, 5.74) is 4.58. The van der Waals surface area contributed by atoms with Crippen molar-refractivity contribution >= 4 is 5.97 Å². The highest BCUT2D eigenvalue weighted by Crippen LogP contribution is 2.40. The van der Waals surface area contributed by atoms with Crippen LogP contribution in [0.2, 0.25) is 0 Å². The normalized spacial score (nSPS) is 18.3. The lowest BCUT2D eigenvalue weighted by molar-refractivity contribution is 0.0661. The summed E-state index contributed by atoms with van der Waals surface area (Å²) < 4.78 is 5.24. The number of carbonyl (C=O) groups excluding carboxylic acids is 1. The fourth-order valence-corrected chi connectivity index (χ4v) is 3.05. The second-order valence-electron chi connectivity index (χ2n) is 6.90. The molecule has 1 aliphatic carbocycles. The van der Waals surface area contributed by atoms with Crippen molar-refractivity contribution in [2.24, 2.45) is 5.41 Å². The van der Waals surface area contributed by atoms with E-state index in [1.54, 1.807) is 12.1 Å². The van der Waals surface area contributed by atoms with Crippen LogP contribution in [0, 0.1) is 5.41 Å². The molecule has 2 heteroatoms. The first-order valence-electron chi connectivity index (χ1n) is 8.21. The summed E-state index contributed by atoms with van der Waals surface area (Å²) in [4.78, 5) is 11.9. The summed E-state index contributed by atoms with van der Waals surface area (Å²) >= 11 is 0. The van der Waals surface area contributed by atoms with Crippen molar-refractivity contribution in [2.45, 2.75) is 47.0 Å². The highest BCUT2D eigenvalue weighted by Gasteiger charge is 2.26. The lowest BCUT2D eigenvalue weighted by Crippen LogP contribution is -2.19. The van der Waals surface area contributed by atoms with Crippen molar-refractivity contribution in [1.29, 1.82) is 0 Å². The average Bonchev–Trinajstić information content (AvgIpc) is 2.52. The van der Waals surface area contributed by atoms with Crippen molar-refractivity contribution in [2.75, 3.05) is 0 Å². The monoisotopic (exact) mass is 310 g/mol. The van der Waals surface area contributed by atoms with Gasteiger partial charge in [-0.25, -0.2) is 4.79 Å². The number of benzene rings is 1. The summed E-state index contributed by atoms with van der Waals surface area (Å²) in [6, 6.07) is 9.03. The number of rotatable bonds is 4. The minimum atomic E-state index is -0.327. The second-order valence-corrected chi connectivity index (χ2v) is 6.90. The first-order chi connectivity index (χ1) is 10.9. The fraction of sp³-hybridized carbons (Fsp3) is 0.381. The topological polar surface area (TPSA) is 26.3 Å². The summed E-state index contributed by atoms with van der Waals surface area (Å²) in [6.45, 7) is 8.75. The van der Waals surface area contributed by atoms with Crippen LogP contribution in [0.4, 0.5) is 0 Å². The zero-order chi connectivity index (χ0) is 16.9. The maximum Gasteiger partial charge on any atom is 0.342 e. The van der Waals surface area contributed by atoms with Crippen LogP contribution >= 0.6 is 0 Å². The number of carbonyl (C=O) groups is 1. The highest BCUT2D eigenvalue weighted by molar-refractivity contribution is 5.89. The Morgan fingerprint density at radius 1 is 1.22 bits per heavy atom. The van der Waals surface area contributed by atoms with Gasteiger partial charge >= 0.3 is 5.97 Å². The minimum Gasteiger partial charge on any atom is -0.431 e. The lowest BCUT2D eigenvalue weighted by atomic mass is 9.72. The van der Waals surface area contributed by atoms with Crippen LogP contribution in [-0.4, -0.2) is 5.97 Å². The van der Waals surface area contributed by atoms with Crippen molar-refractivity contribution in [1.82, 2.24) is 0 Å². The van der Waals surface area contributed by atoms with Gasteiger partial charge in [0.05, 0.1) is 11.8 Å². The van der Waals surface area contributed by atoms with Crippen LogP contribution in [0.5, 0.6) is 0 Å². The Kier molecular flexibility index (Phi) is 5.59. The number of hydrogen-bond donors (Lipinski definition) is 0. The average molecular weight is 310 g/mol. The standard InChI is InChI=1S/C21H26O2/c1-16(15-23-20(22)18-10-6-5-7-11-18)12-13-19-17(2)9-8-14-21(19,3)4/h5-7,10-13,15H,8-9,14H2,1-4H3. The number of ether oxygens (including phenoxy) is 1.